The van der Waals surface area contributed by atoms with E-state index in [4.69, 9.17) is 4.74 Å². The highest BCUT2D eigenvalue weighted by atomic mass is 79.9. The number of ether oxygens (including phenoxy) is 1. The molecule has 84 valence electrons. The minimum absolute atomic E-state index is 0.00354. The van der Waals surface area contributed by atoms with E-state index in [0.29, 0.717) is 19.7 Å². The summed E-state index contributed by atoms with van der Waals surface area (Å²) >= 11 is 3.00. The van der Waals surface area contributed by atoms with Gasteiger partial charge in [0.05, 0.1) is 6.10 Å². The van der Waals surface area contributed by atoms with E-state index in [0.717, 1.165) is 12.8 Å². The summed E-state index contributed by atoms with van der Waals surface area (Å²) in [5, 5.41) is 0. The Bertz CT molecular complexity index is 268. The zero-order chi connectivity index (χ0) is 10.6. The maximum atomic E-state index is 11.6. The van der Waals surface area contributed by atoms with Gasteiger partial charge in [-0.15, -0.1) is 0 Å². The fourth-order valence-electron chi connectivity index (χ4n) is 1.43. The van der Waals surface area contributed by atoms with Gasteiger partial charge >= 0.3 is 0 Å². The van der Waals surface area contributed by atoms with E-state index >= 15 is 0 Å². The van der Waals surface area contributed by atoms with Crippen molar-refractivity contribution in [3.63, 3.8) is 0 Å². The summed E-state index contributed by atoms with van der Waals surface area (Å²) in [5.74, 6) is 0. The summed E-state index contributed by atoms with van der Waals surface area (Å²) < 4.78 is 30.2. The molecule has 0 amide bonds. The molecule has 1 atom stereocenters. The highest BCUT2D eigenvalue weighted by Gasteiger charge is 2.25. The average molecular weight is 286 g/mol. The number of alkyl halides is 1. The molecule has 0 aliphatic carbocycles. The van der Waals surface area contributed by atoms with Crippen molar-refractivity contribution in [1.82, 2.24) is 4.31 Å². The number of hydrogen-bond acceptors (Lipinski definition) is 3. The average Bonchev–Trinajstić information content (AvgIpc) is 2.43. The zero-order valence-corrected chi connectivity index (χ0v) is 10.7. The lowest BCUT2D eigenvalue weighted by molar-refractivity contribution is 0.0593. The van der Waals surface area contributed by atoms with Crippen molar-refractivity contribution < 1.29 is 13.2 Å². The van der Waals surface area contributed by atoms with E-state index < -0.39 is 10.0 Å². The van der Waals surface area contributed by atoms with Crippen molar-refractivity contribution in [3.05, 3.63) is 0 Å². The molecule has 0 aromatic heterocycles. The molecule has 1 aliphatic heterocycles. The first-order valence-electron chi connectivity index (χ1n) is 4.75. The van der Waals surface area contributed by atoms with Gasteiger partial charge in [-0.2, -0.15) is 4.31 Å². The van der Waals surface area contributed by atoms with Crippen LogP contribution >= 0.6 is 15.9 Å². The lowest BCUT2D eigenvalue weighted by Crippen LogP contribution is -2.37. The molecule has 1 heterocycles. The molecule has 0 aromatic carbocycles. The van der Waals surface area contributed by atoms with Gasteiger partial charge in [0, 0.05) is 19.7 Å². The highest BCUT2D eigenvalue weighted by molar-refractivity contribution is 9.10. The second-order valence-corrected chi connectivity index (χ2v) is 6.61. The topological polar surface area (TPSA) is 46.6 Å². The number of halogens is 1. The number of rotatable bonds is 3. The Morgan fingerprint density at radius 2 is 2.29 bits per heavy atom. The molecule has 1 aliphatic rings. The second-order valence-electron chi connectivity index (χ2n) is 3.33. The summed E-state index contributed by atoms with van der Waals surface area (Å²) in [6.45, 7) is 3.73. The Labute approximate surface area is 93.8 Å². The molecule has 4 nitrogen and oxygen atoms in total. The number of sulfonamides is 1. The van der Waals surface area contributed by atoms with Crippen molar-refractivity contribution in [3.8, 4) is 0 Å². The van der Waals surface area contributed by atoms with Gasteiger partial charge in [-0.3, -0.25) is 0 Å². The molecule has 0 spiro atoms. The SMILES string of the molecule is CCC1CN(S(=O)(=O)CBr)CCCO1. The normalized spacial score (nSPS) is 26.0. The Balaban J connectivity index is 2.68. The van der Waals surface area contributed by atoms with E-state index in [1.807, 2.05) is 6.92 Å². The molecule has 6 heteroatoms. The standard InChI is InChI=1S/C8H16BrNO3S/c1-2-8-6-10(4-3-5-13-8)14(11,12)7-9/h8H,2-7H2,1H3. The molecule has 14 heavy (non-hydrogen) atoms. The van der Waals surface area contributed by atoms with Gasteiger partial charge in [0.15, 0.2) is 0 Å². The lowest BCUT2D eigenvalue weighted by atomic mass is 10.3. The summed E-state index contributed by atoms with van der Waals surface area (Å²) in [6.07, 6.45) is 1.68. The monoisotopic (exact) mass is 285 g/mol. The van der Waals surface area contributed by atoms with Crippen LogP contribution < -0.4 is 0 Å². The van der Waals surface area contributed by atoms with E-state index in [-0.39, 0.29) is 10.8 Å². The molecule has 1 saturated heterocycles. The van der Waals surface area contributed by atoms with Gasteiger partial charge in [-0.25, -0.2) is 8.42 Å². The fraction of sp³-hybridized carbons (Fsp3) is 1.00. The molecule has 0 radical (unpaired) electrons. The van der Waals surface area contributed by atoms with Gasteiger partial charge in [0.25, 0.3) is 0 Å². The first-order valence-corrected chi connectivity index (χ1v) is 7.48. The molecule has 0 saturated carbocycles. The summed E-state index contributed by atoms with van der Waals surface area (Å²) in [6, 6.07) is 0. The van der Waals surface area contributed by atoms with Crippen LogP contribution in [0.15, 0.2) is 0 Å². The van der Waals surface area contributed by atoms with Crippen molar-refractivity contribution in [2.75, 3.05) is 24.4 Å². The van der Waals surface area contributed by atoms with Gasteiger partial charge in [0.2, 0.25) is 10.0 Å². The fourth-order valence-corrected chi connectivity index (χ4v) is 3.24. The first kappa shape index (κ1) is 12.4. The van der Waals surface area contributed by atoms with Crippen LogP contribution in [0.25, 0.3) is 0 Å². The Kier molecular flexibility index (Phi) is 4.82. The highest BCUT2D eigenvalue weighted by Crippen LogP contribution is 2.13. The van der Waals surface area contributed by atoms with E-state index in [1.165, 1.54) is 4.31 Å². The van der Waals surface area contributed by atoms with Gasteiger partial charge in [-0.05, 0) is 12.8 Å². The molecule has 1 rings (SSSR count). The molecular weight excluding hydrogens is 270 g/mol. The second kappa shape index (κ2) is 5.44. The minimum atomic E-state index is -3.12. The summed E-state index contributed by atoms with van der Waals surface area (Å²) in [7, 11) is -3.12. The van der Waals surface area contributed by atoms with Crippen molar-refractivity contribution in [1.29, 1.82) is 0 Å². The number of hydrogen-bond donors (Lipinski definition) is 0. The van der Waals surface area contributed by atoms with E-state index in [9.17, 15) is 8.42 Å². The molecule has 1 fully saturated rings. The minimum Gasteiger partial charge on any atom is -0.377 e. The maximum absolute atomic E-state index is 11.6. The van der Waals surface area contributed by atoms with Crippen LogP contribution in [0.3, 0.4) is 0 Å². The van der Waals surface area contributed by atoms with Gasteiger partial charge in [0.1, 0.15) is 4.66 Å². The van der Waals surface area contributed by atoms with Crippen molar-refractivity contribution in [2.45, 2.75) is 25.9 Å². The Hall–Kier alpha value is 0.350. The van der Waals surface area contributed by atoms with Gasteiger partial charge < -0.3 is 4.74 Å². The predicted octanol–water partition coefficient (Wildman–Crippen LogP) is 1.17. The molecular formula is C8H16BrNO3S. The molecule has 0 aromatic rings. The third-order valence-corrected chi connectivity index (χ3v) is 5.43. The van der Waals surface area contributed by atoms with Crippen LogP contribution in [0, 0.1) is 0 Å². The summed E-state index contributed by atoms with van der Waals surface area (Å²) in [4.78, 5) is 0. The first-order chi connectivity index (χ1) is 6.60. The smallest absolute Gasteiger partial charge is 0.224 e. The van der Waals surface area contributed by atoms with Crippen LogP contribution in [0.1, 0.15) is 19.8 Å². The van der Waals surface area contributed by atoms with Crippen LogP contribution in [0.5, 0.6) is 0 Å². The van der Waals surface area contributed by atoms with Crippen molar-refractivity contribution in [2.24, 2.45) is 0 Å². The van der Waals surface area contributed by atoms with Crippen molar-refractivity contribution >= 4 is 26.0 Å². The zero-order valence-electron chi connectivity index (χ0n) is 8.28. The van der Waals surface area contributed by atoms with Crippen LogP contribution in [-0.4, -0.2) is 43.2 Å². The third-order valence-electron chi connectivity index (χ3n) is 2.30. The van der Waals surface area contributed by atoms with Crippen LogP contribution in [-0.2, 0) is 14.8 Å². The van der Waals surface area contributed by atoms with E-state index in [2.05, 4.69) is 15.9 Å². The molecule has 0 bridgehead atoms. The lowest BCUT2D eigenvalue weighted by Gasteiger charge is -2.21. The van der Waals surface area contributed by atoms with E-state index in [1.54, 1.807) is 0 Å². The maximum Gasteiger partial charge on any atom is 0.224 e. The van der Waals surface area contributed by atoms with Crippen LogP contribution in [0.2, 0.25) is 0 Å². The number of nitrogens with zero attached hydrogens (tertiary/aromatic N) is 1. The van der Waals surface area contributed by atoms with Gasteiger partial charge in [-0.1, -0.05) is 22.9 Å². The molecule has 1 unspecified atom stereocenters. The third kappa shape index (κ3) is 3.18. The Morgan fingerprint density at radius 1 is 1.57 bits per heavy atom. The largest absolute Gasteiger partial charge is 0.377 e. The quantitative estimate of drug-likeness (QED) is 0.732. The molecule has 0 N–H and O–H groups in total. The summed E-state index contributed by atoms with van der Waals surface area (Å²) in [5.41, 5.74) is 0. The predicted molar refractivity (Wildman–Crippen MR) is 58.9 cm³/mol. The Morgan fingerprint density at radius 3 is 2.86 bits per heavy atom. The van der Waals surface area contributed by atoms with Crippen LogP contribution in [0.4, 0.5) is 0 Å².